The summed E-state index contributed by atoms with van der Waals surface area (Å²) in [6.45, 7) is -1.37. The maximum Gasteiger partial charge on any atom is 0.328 e. The zero-order chi connectivity index (χ0) is 47.8. The molecule has 348 valence electrons. The number of rotatable bonds is 13. The summed E-state index contributed by atoms with van der Waals surface area (Å²) in [6, 6.07) is 37.4. The average Bonchev–Trinajstić information content (AvgIpc) is 3.36. The summed E-state index contributed by atoms with van der Waals surface area (Å²) >= 11 is 0. The highest BCUT2D eigenvalue weighted by atomic mass is 16.5. The highest BCUT2D eigenvalue weighted by Crippen LogP contribution is 2.22. The maximum absolute atomic E-state index is 14.7. The van der Waals surface area contributed by atoms with Crippen molar-refractivity contribution in [3.05, 3.63) is 180 Å². The number of ether oxygens (including phenoxy) is 1. The molecular weight excluding hydrogens is 865 g/mol. The second-order valence-electron chi connectivity index (χ2n) is 16.5. The highest BCUT2D eigenvalue weighted by Gasteiger charge is 2.33. The van der Waals surface area contributed by atoms with Crippen molar-refractivity contribution in [2.24, 2.45) is 0 Å². The fourth-order valence-corrected chi connectivity index (χ4v) is 7.78. The molecule has 0 fully saturated rings. The van der Waals surface area contributed by atoms with Crippen LogP contribution in [0.15, 0.2) is 158 Å². The first-order chi connectivity index (χ1) is 33.0. The topological polar surface area (TPSA) is 225 Å². The van der Waals surface area contributed by atoms with E-state index in [4.69, 9.17) is 4.74 Å². The third-order valence-corrected chi connectivity index (χ3v) is 11.6. The van der Waals surface area contributed by atoms with Crippen molar-refractivity contribution in [1.82, 2.24) is 31.6 Å². The molecule has 0 radical (unpaired) electrons. The molecule has 6 aromatic rings. The van der Waals surface area contributed by atoms with Crippen LogP contribution in [-0.2, 0) is 54.5 Å². The van der Waals surface area contributed by atoms with Crippen LogP contribution in [0.5, 0.6) is 5.75 Å². The predicted molar refractivity (Wildman–Crippen MR) is 254 cm³/mol. The van der Waals surface area contributed by atoms with Crippen LogP contribution in [-0.4, -0.2) is 94.1 Å². The average molecular weight is 917 g/mol. The number of fused-ring (bicyclic) bond motifs is 16. The van der Waals surface area contributed by atoms with Crippen molar-refractivity contribution < 1.29 is 43.7 Å². The Bertz CT molecular complexity index is 2650. The van der Waals surface area contributed by atoms with E-state index in [0.29, 0.717) is 23.3 Å². The Hall–Kier alpha value is -8.17. The van der Waals surface area contributed by atoms with Gasteiger partial charge >= 0.3 is 5.97 Å². The summed E-state index contributed by atoms with van der Waals surface area (Å²) in [5.41, 5.74) is 6.60. The SMILES string of the molecule is O=C1COc2ccc(cc2)C[C@@H](C(=O)N[C@@H](CO)C(=O)O)NC(=O)[C@H](CCc2ccccc2)NC(=O)[C@@H](Cc2ccc(-c3ccccc3)cc2)NC(=O)[C@H](Cc2ccc(-c3ccncc3)cc2)N1. The minimum absolute atomic E-state index is 0.0131. The molecule has 2 aliphatic heterocycles. The fraction of sp³-hybridized carbons (Fsp3) is 0.226. The van der Waals surface area contributed by atoms with E-state index in [9.17, 15) is 39.0 Å². The Morgan fingerprint density at radius 1 is 0.603 bits per heavy atom. The highest BCUT2D eigenvalue weighted by molar-refractivity contribution is 5.96. The number of nitrogens with zero attached hydrogens (tertiary/aromatic N) is 1. The first-order valence-electron chi connectivity index (χ1n) is 22.2. The van der Waals surface area contributed by atoms with Crippen molar-refractivity contribution >= 4 is 35.5 Å². The molecule has 7 N–H and O–H groups in total. The minimum atomic E-state index is -1.66. The van der Waals surface area contributed by atoms with E-state index in [-0.39, 0.29) is 25.7 Å². The molecular formula is C53H52N6O9. The van der Waals surface area contributed by atoms with Gasteiger partial charge in [-0.2, -0.15) is 0 Å². The van der Waals surface area contributed by atoms with Gasteiger partial charge in [-0.3, -0.25) is 29.0 Å². The molecule has 8 rings (SSSR count). The molecule has 5 amide bonds. The number of pyridine rings is 1. The normalized spacial score (nSPS) is 18.5. The number of aromatic nitrogens is 1. The summed E-state index contributed by atoms with van der Waals surface area (Å²) < 4.78 is 5.80. The lowest BCUT2D eigenvalue weighted by molar-refractivity contribution is -0.143. The molecule has 5 aromatic carbocycles. The fourth-order valence-electron chi connectivity index (χ4n) is 7.78. The third kappa shape index (κ3) is 13.5. The smallest absolute Gasteiger partial charge is 0.328 e. The quantitative estimate of drug-likeness (QED) is 0.0826. The number of hydrogen-bond donors (Lipinski definition) is 7. The lowest BCUT2D eigenvalue weighted by atomic mass is 9.98. The van der Waals surface area contributed by atoms with E-state index in [1.807, 2.05) is 121 Å². The Morgan fingerprint density at radius 2 is 1.12 bits per heavy atom. The molecule has 0 saturated heterocycles. The van der Waals surface area contributed by atoms with Crippen molar-refractivity contribution in [3.8, 4) is 28.0 Å². The van der Waals surface area contributed by atoms with Crippen LogP contribution in [0.3, 0.4) is 0 Å². The number of benzene rings is 5. The third-order valence-electron chi connectivity index (χ3n) is 11.6. The van der Waals surface area contributed by atoms with Gasteiger partial charge in [-0.05, 0) is 81.6 Å². The van der Waals surface area contributed by atoms with Gasteiger partial charge in [0, 0.05) is 31.7 Å². The summed E-state index contributed by atoms with van der Waals surface area (Å²) in [5.74, 6) is -4.82. The summed E-state index contributed by atoms with van der Waals surface area (Å²) in [7, 11) is 0. The largest absolute Gasteiger partial charge is 0.484 e. The summed E-state index contributed by atoms with van der Waals surface area (Å²) in [4.78, 5) is 87.0. The molecule has 2 aliphatic rings. The van der Waals surface area contributed by atoms with Gasteiger partial charge in [-0.25, -0.2) is 4.79 Å². The van der Waals surface area contributed by atoms with Crippen LogP contribution in [0.2, 0.25) is 0 Å². The number of carbonyl (C=O) groups excluding carboxylic acids is 5. The molecule has 68 heavy (non-hydrogen) atoms. The Morgan fingerprint density at radius 3 is 1.69 bits per heavy atom. The number of carboxylic acids is 1. The number of amides is 5. The van der Waals surface area contributed by atoms with Gasteiger partial charge in [0.1, 0.15) is 36.0 Å². The van der Waals surface area contributed by atoms with E-state index < -0.39 is 78.9 Å². The first kappa shape index (κ1) is 47.8. The molecule has 2 bridgehead atoms. The van der Waals surface area contributed by atoms with Crippen molar-refractivity contribution in [3.63, 3.8) is 0 Å². The molecule has 0 saturated carbocycles. The molecule has 5 atom stereocenters. The number of carboxylic acid groups (broad SMARTS) is 1. The Labute approximate surface area is 393 Å². The number of aliphatic hydroxyl groups excluding tert-OH is 1. The number of nitrogens with one attached hydrogen (secondary N) is 5. The van der Waals surface area contributed by atoms with E-state index in [1.165, 1.54) is 0 Å². The second-order valence-corrected chi connectivity index (χ2v) is 16.5. The second kappa shape index (κ2) is 23.3. The van der Waals surface area contributed by atoms with E-state index in [0.717, 1.165) is 33.4 Å². The standard InChI is InChI=1S/C53H52N6O9/c60-32-47(53(66)67)59-52(65)46-31-37-15-22-42(23-16-37)68-33-48(61)55-44(29-35-13-20-40(21-14-35)41-25-27-54-28-26-41)50(63)58-45(30-36-11-18-39(19-12-36)38-9-5-2-6-10-38)51(64)56-43(49(62)57-46)24-17-34-7-3-1-4-8-34/h1-16,18-23,25-28,43-47,60H,17,24,29-33H2,(H,55,61)(H,56,64)(H,57,62)(H,58,63)(H,59,65)(H,66,67)/t43-,44-,45+,46-,47-/m0/s1. The molecule has 1 aromatic heterocycles. The molecule has 0 spiro atoms. The lowest BCUT2D eigenvalue weighted by Crippen LogP contribution is -2.60. The van der Waals surface area contributed by atoms with Gasteiger partial charge in [0.15, 0.2) is 6.61 Å². The monoisotopic (exact) mass is 916 g/mol. The van der Waals surface area contributed by atoms with Crippen LogP contribution in [0.1, 0.15) is 28.7 Å². The molecule has 15 heteroatoms. The number of hydrogen-bond acceptors (Lipinski definition) is 9. The van der Waals surface area contributed by atoms with E-state index in [2.05, 4.69) is 31.6 Å². The van der Waals surface area contributed by atoms with Gasteiger partial charge in [0.25, 0.3) is 5.91 Å². The summed E-state index contributed by atoms with van der Waals surface area (Å²) in [5, 5.41) is 32.9. The number of carbonyl (C=O) groups is 6. The Balaban J connectivity index is 1.23. The zero-order valence-electron chi connectivity index (χ0n) is 37.0. The van der Waals surface area contributed by atoms with E-state index >= 15 is 0 Å². The maximum atomic E-state index is 14.7. The number of aliphatic hydroxyl groups is 1. The molecule has 0 aliphatic carbocycles. The van der Waals surface area contributed by atoms with Gasteiger partial charge in [-0.1, -0.05) is 121 Å². The number of aliphatic carboxylic acids is 1. The first-order valence-corrected chi connectivity index (χ1v) is 22.2. The van der Waals surface area contributed by atoms with Gasteiger partial charge in [0.05, 0.1) is 6.61 Å². The van der Waals surface area contributed by atoms with Crippen LogP contribution < -0.4 is 31.3 Å². The Kier molecular flexibility index (Phi) is 16.4. The van der Waals surface area contributed by atoms with Crippen molar-refractivity contribution in [1.29, 1.82) is 0 Å². The van der Waals surface area contributed by atoms with Crippen LogP contribution >= 0.6 is 0 Å². The number of aryl methyl sites for hydroxylation is 1. The van der Waals surface area contributed by atoms with E-state index in [1.54, 1.807) is 36.7 Å². The van der Waals surface area contributed by atoms with Gasteiger partial charge in [0.2, 0.25) is 23.6 Å². The van der Waals surface area contributed by atoms with Crippen LogP contribution in [0.25, 0.3) is 22.3 Å². The van der Waals surface area contributed by atoms with Gasteiger partial charge < -0.3 is 41.5 Å². The molecule has 3 heterocycles. The molecule has 0 unspecified atom stereocenters. The zero-order valence-corrected chi connectivity index (χ0v) is 37.0. The predicted octanol–water partition coefficient (Wildman–Crippen LogP) is 3.97. The van der Waals surface area contributed by atoms with Gasteiger partial charge in [-0.15, -0.1) is 0 Å². The minimum Gasteiger partial charge on any atom is -0.484 e. The van der Waals surface area contributed by atoms with Crippen LogP contribution in [0.4, 0.5) is 0 Å². The lowest BCUT2D eigenvalue weighted by Gasteiger charge is -2.27. The van der Waals surface area contributed by atoms with Crippen LogP contribution in [0, 0.1) is 0 Å². The van der Waals surface area contributed by atoms with Crippen molar-refractivity contribution in [2.75, 3.05) is 13.2 Å². The molecule has 15 nitrogen and oxygen atoms in total. The van der Waals surface area contributed by atoms with Crippen molar-refractivity contribution in [2.45, 2.75) is 62.3 Å². The summed E-state index contributed by atoms with van der Waals surface area (Å²) in [6.07, 6.45) is 3.69.